The Kier molecular flexibility index (Phi) is 6.29. The molecule has 0 bridgehead atoms. The average molecular weight is 481 g/mol. The molecule has 182 valence electrons. The highest BCUT2D eigenvalue weighted by Gasteiger charge is 2.36. The van der Waals surface area contributed by atoms with Crippen molar-refractivity contribution < 1.29 is 14.1 Å². The number of aryl methyl sites for hydroxylation is 2. The molecule has 1 N–H and O–H groups in total. The van der Waals surface area contributed by atoms with Gasteiger partial charge in [0.25, 0.3) is 5.89 Å². The van der Waals surface area contributed by atoms with Gasteiger partial charge in [-0.25, -0.2) is 4.79 Å². The lowest BCUT2D eigenvalue weighted by molar-refractivity contribution is 0.244. The molecule has 0 saturated heterocycles. The lowest BCUT2D eigenvalue weighted by Gasteiger charge is -2.35. The summed E-state index contributed by atoms with van der Waals surface area (Å²) in [4.78, 5) is 19.8. The fraction of sp³-hybridized carbons (Fsp3) is 0.207. The molecule has 36 heavy (non-hydrogen) atoms. The van der Waals surface area contributed by atoms with Crippen LogP contribution >= 0.6 is 0 Å². The summed E-state index contributed by atoms with van der Waals surface area (Å²) in [5, 5.41) is 7.39. The maximum atomic E-state index is 13.4. The SMILES string of the molecule is CCc1ccc(N2C(=O)NC(c3ccc(OC)cc3)C(c3nc(-c4ccc(C)cc4)no3)=C2C)cc1. The molecular weight excluding hydrogens is 452 g/mol. The zero-order valence-electron chi connectivity index (χ0n) is 20.8. The summed E-state index contributed by atoms with van der Waals surface area (Å²) in [6, 6.07) is 22.9. The van der Waals surface area contributed by atoms with E-state index in [1.54, 1.807) is 12.0 Å². The van der Waals surface area contributed by atoms with E-state index in [9.17, 15) is 4.79 Å². The summed E-state index contributed by atoms with van der Waals surface area (Å²) in [7, 11) is 1.62. The van der Waals surface area contributed by atoms with E-state index in [-0.39, 0.29) is 6.03 Å². The Morgan fingerprint density at radius 3 is 2.31 bits per heavy atom. The number of carbonyl (C=O) groups excluding carboxylic acids is 1. The highest BCUT2D eigenvalue weighted by Crippen LogP contribution is 2.39. The maximum absolute atomic E-state index is 13.4. The molecule has 1 atom stereocenters. The molecule has 2 heterocycles. The van der Waals surface area contributed by atoms with Crippen LogP contribution < -0.4 is 15.0 Å². The molecule has 5 rings (SSSR count). The van der Waals surface area contributed by atoms with Gasteiger partial charge in [0.05, 0.1) is 24.4 Å². The first-order valence-corrected chi connectivity index (χ1v) is 11.9. The highest BCUT2D eigenvalue weighted by molar-refractivity contribution is 6.01. The van der Waals surface area contributed by atoms with E-state index in [2.05, 4.69) is 17.4 Å². The number of anilines is 1. The lowest BCUT2D eigenvalue weighted by Crippen LogP contribution is -2.46. The third kappa shape index (κ3) is 4.35. The average Bonchev–Trinajstić information content (AvgIpc) is 3.39. The second-order valence-corrected chi connectivity index (χ2v) is 8.80. The number of rotatable bonds is 6. The van der Waals surface area contributed by atoms with E-state index in [4.69, 9.17) is 14.2 Å². The van der Waals surface area contributed by atoms with Crippen molar-refractivity contribution in [3.63, 3.8) is 0 Å². The molecule has 0 spiro atoms. The molecule has 4 aromatic rings. The van der Waals surface area contributed by atoms with Gasteiger partial charge < -0.3 is 14.6 Å². The van der Waals surface area contributed by atoms with E-state index in [0.29, 0.717) is 11.7 Å². The molecular formula is C29H28N4O3. The first-order valence-electron chi connectivity index (χ1n) is 11.9. The molecule has 0 radical (unpaired) electrons. The Balaban J connectivity index is 1.62. The van der Waals surface area contributed by atoms with Crippen LogP contribution in [0.3, 0.4) is 0 Å². The number of urea groups is 1. The third-order valence-corrected chi connectivity index (χ3v) is 6.50. The minimum absolute atomic E-state index is 0.223. The van der Waals surface area contributed by atoms with Gasteiger partial charge >= 0.3 is 6.03 Å². The molecule has 0 fully saturated rings. The standard InChI is InChI=1S/C29H28N4O3/c1-5-20-8-14-23(15-9-20)33-19(3)25(26(30-29(33)34)21-12-16-24(35-4)17-13-21)28-31-27(32-36-28)22-10-6-18(2)7-11-22/h6-17,26H,5H2,1-4H3,(H,30,34). The first-order chi connectivity index (χ1) is 17.5. The minimum Gasteiger partial charge on any atom is -0.497 e. The largest absolute Gasteiger partial charge is 0.497 e. The monoisotopic (exact) mass is 480 g/mol. The fourth-order valence-electron chi connectivity index (χ4n) is 4.41. The molecule has 2 amide bonds. The number of carbonyl (C=O) groups is 1. The van der Waals surface area contributed by atoms with Gasteiger partial charge in [0.15, 0.2) is 0 Å². The number of amides is 2. The van der Waals surface area contributed by atoms with Crippen molar-refractivity contribution in [3.05, 3.63) is 101 Å². The van der Waals surface area contributed by atoms with Crippen LogP contribution in [0, 0.1) is 6.92 Å². The Morgan fingerprint density at radius 1 is 0.972 bits per heavy atom. The predicted molar refractivity (Wildman–Crippen MR) is 140 cm³/mol. The molecule has 0 saturated carbocycles. The van der Waals surface area contributed by atoms with Gasteiger partial charge in [-0.1, -0.05) is 66.2 Å². The van der Waals surface area contributed by atoms with Crippen LogP contribution in [0.4, 0.5) is 10.5 Å². The van der Waals surface area contributed by atoms with Crippen molar-refractivity contribution >= 4 is 17.3 Å². The normalized spacial score (nSPS) is 15.7. The molecule has 1 aliphatic heterocycles. The summed E-state index contributed by atoms with van der Waals surface area (Å²) in [5.41, 5.74) is 6.34. The number of aromatic nitrogens is 2. The van der Waals surface area contributed by atoms with Gasteiger partial charge in [0, 0.05) is 11.3 Å². The Hall–Kier alpha value is -4.39. The number of nitrogens with one attached hydrogen (secondary N) is 1. The molecule has 0 aliphatic carbocycles. The van der Waals surface area contributed by atoms with Crippen molar-refractivity contribution in [2.45, 2.75) is 33.2 Å². The second-order valence-electron chi connectivity index (χ2n) is 8.80. The van der Waals surface area contributed by atoms with E-state index >= 15 is 0 Å². The zero-order valence-corrected chi connectivity index (χ0v) is 20.8. The predicted octanol–water partition coefficient (Wildman–Crippen LogP) is 6.32. The van der Waals surface area contributed by atoms with Gasteiger partial charge in [0.2, 0.25) is 5.82 Å². The Morgan fingerprint density at radius 2 is 1.67 bits per heavy atom. The molecule has 1 unspecified atom stereocenters. The van der Waals surface area contributed by atoms with Crippen molar-refractivity contribution in [3.8, 4) is 17.1 Å². The van der Waals surface area contributed by atoms with Crippen LogP contribution in [0.5, 0.6) is 5.75 Å². The Labute approximate surface area is 210 Å². The summed E-state index contributed by atoms with van der Waals surface area (Å²) >= 11 is 0. The van der Waals surface area contributed by atoms with Gasteiger partial charge in [-0.2, -0.15) is 4.98 Å². The van der Waals surface area contributed by atoms with E-state index < -0.39 is 6.04 Å². The van der Waals surface area contributed by atoms with Crippen LogP contribution in [0.2, 0.25) is 0 Å². The minimum atomic E-state index is -0.471. The highest BCUT2D eigenvalue weighted by atomic mass is 16.5. The van der Waals surface area contributed by atoms with Crippen molar-refractivity contribution in [1.82, 2.24) is 15.5 Å². The molecule has 7 heteroatoms. The maximum Gasteiger partial charge on any atom is 0.326 e. The zero-order chi connectivity index (χ0) is 25.2. The van der Waals surface area contributed by atoms with Crippen molar-refractivity contribution in [2.24, 2.45) is 0 Å². The van der Waals surface area contributed by atoms with E-state index in [0.717, 1.165) is 45.8 Å². The van der Waals surface area contributed by atoms with Gasteiger partial charge in [-0.3, -0.25) is 4.90 Å². The number of hydrogen-bond acceptors (Lipinski definition) is 5. The Bertz CT molecular complexity index is 1400. The molecule has 3 aromatic carbocycles. The first kappa shape index (κ1) is 23.4. The van der Waals surface area contributed by atoms with Crippen molar-refractivity contribution in [2.75, 3.05) is 12.0 Å². The van der Waals surface area contributed by atoms with Crippen molar-refractivity contribution in [1.29, 1.82) is 0 Å². The number of ether oxygens (including phenoxy) is 1. The number of allylic oxidation sites excluding steroid dienone is 1. The molecule has 1 aliphatic rings. The smallest absolute Gasteiger partial charge is 0.326 e. The summed E-state index contributed by atoms with van der Waals surface area (Å²) in [6.07, 6.45) is 0.926. The van der Waals surface area contributed by atoms with Crippen LogP contribution in [-0.4, -0.2) is 23.3 Å². The van der Waals surface area contributed by atoms with E-state index in [1.807, 2.05) is 86.6 Å². The molecule has 7 nitrogen and oxygen atoms in total. The van der Waals surface area contributed by atoms with Crippen LogP contribution in [0.1, 0.15) is 42.5 Å². The van der Waals surface area contributed by atoms with E-state index in [1.165, 1.54) is 5.56 Å². The summed E-state index contributed by atoms with van der Waals surface area (Å²) in [6.45, 7) is 6.05. The second kappa shape index (κ2) is 9.70. The summed E-state index contributed by atoms with van der Waals surface area (Å²) < 4.78 is 11.1. The van der Waals surface area contributed by atoms with Crippen LogP contribution in [-0.2, 0) is 6.42 Å². The van der Waals surface area contributed by atoms with Crippen LogP contribution in [0.15, 0.2) is 83.0 Å². The number of hydrogen-bond donors (Lipinski definition) is 1. The van der Waals surface area contributed by atoms with Crippen LogP contribution in [0.25, 0.3) is 17.0 Å². The lowest BCUT2D eigenvalue weighted by atomic mass is 9.94. The quantitative estimate of drug-likeness (QED) is 0.349. The number of nitrogens with zero attached hydrogens (tertiary/aromatic N) is 3. The number of benzene rings is 3. The third-order valence-electron chi connectivity index (χ3n) is 6.50. The van der Waals surface area contributed by atoms with Gasteiger partial charge in [0.1, 0.15) is 5.75 Å². The number of methoxy groups -OCH3 is 1. The molecule has 1 aromatic heterocycles. The fourth-order valence-corrected chi connectivity index (χ4v) is 4.41. The topological polar surface area (TPSA) is 80.5 Å². The van der Waals surface area contributed by atoms with Gasteiger partial charge in [-0.15, -0.1) is 0 Å². The summed E-state index contributed by atoms with van der Waals surface area (Å²) in [5.74, 6) is 1.59. The van der Waals surface area contributed by atoms with Gasteiger partial charge in [-0.05, 0) is 55.7 Å².